The van der Waals surface area contributed by atoms with Gasteiger partial charge < -0.3 is 19.8 Å². The molecule has 9 heteroatoms. The van der Waals surface area contributed by atoms with Crippen LogP contribution in [-0.2, 0) is 18.4 Å². The number of hydrogen-bond donors (Lipinski definition) is 3. The topological polar surface area (TPSA) is 105 Å². The molecule has 0 rings (SSSR count). The van der Waals surface area contributed by atoms with Gasteiger partial charge in [-0.2, -0.15) is 0 Å². The minimum Gasteiger partial charge on any atom is -0.387 e. The fourth-order valence-corrected chi connectivity index (χ4v) is 4.44. The Bertz CT molecular complexity index is 693. The number of hydrogen-bond acceptors (Lipinski definition) is 5. The van der Waals surface area contributed by atoms with Crippen molar-refractivity contribution in [2.24, 2.45) is 0 Å². The average molecular weight is 562 g/mol. The Hall–Kier alpha value is -1.02. The first-order valence-electron chi connectivity index (χ1n) is 14.7. The highest BCUT2D eigenvalue weighted by Crippen LogP contribution is 2.43. The summed E-state index contributed by atoms with van der Waals surface area (Å²) in [5.41, 5.74) is 0. The second kappa shape index (κ2) is 22.8. The zero-order valence-corrected chi connectivity index (χ0v) is 25.8. The molecule has 0 heterocycles. The Morgan fingerprint density at radius 2 is 1.45 bits per heavy atom. The van der Waals surface area contributed by atoms with E-state index in [9.17, 15) is 19.4 Å². The number of quaternary nitrogens is 1. The zero-order chi connectivity index (χ0) is 28.7. The van der Waals surface area contributed by atoms with Gasteiger partial charge in [-0.25, -0.2) is 4.57 Å². The molecule has 0 aliphatic carbocycles. The minimum atomic E-state index is -4.31. The number of carbonyl (C=O) groups is 1. The molecule has 0 aliphatic rings. The first kappa shape index (κ1) is 37.0. The molecule has 3 unspecified atom stereocenters. The summed E-state index contributed by atoms with van der Waals surface area (Å²) in [7, 11) is 1.54. The molecule has 0 saturated carbocycles. The van der Waals surface area contributed by atoms with E-state index in [1.807, 2.05) is 27.2 Å². The maximum Gasteiger partial charge on any atom is 0.472 e. The van der Waals surface area contributed by atoms with Gasteiger partial charge in [0.05, 0.1) is 39.9 Å². The number of likely N-dealkylation sites (N-methyl/N-ethyl adjacent to an activating group) is 1. The van der Waals surface area contributed by atoms with Crippen LogP contribution in [0.3, 0.4) is 0 Å². The number of phosphoric acid groups is 1. The van der Waals surface area contributed by atoms with E-state index in [0.29, 0.717) is 17.4 Å². The molecule has 3 atom stereocenters. The van der Waals surface area contributed by atoms with E-state index in [1.54, 1.807) is 6.08 Å². The smallest absolute Gasteiger partial charge is 0.387 e. The molecule has 0 aromatic rings. The van der Waals surface area contributed by atoms with Crippen LogP contribution in [0.15, 0.2) is 24.3 Å². The Morgan fingerprint density at radius 3 is 2.11 bits per heavy atom. The fraction of sp³-hybridized carbons (Fsp3) is 0.828. The number of nitrogens with one attached hydrogen (secondary N) is 1. The molecular weight excluding hydrogens is 503 g/mol. The molecule has 0 fully saturated rings. The van der Waals surface area contributed by atoms with Crippen molar-refractivity contribution in [3.8, 4) is 0 Å². The number of aliphatic hydroxyl groups is 1. The van der Waals surface area contributed by atoms with Crippen LogP contribution in [-0.4, -0.2) is 73.4 Å². The summed E-state index contributed by atoms with van der Waals surface area (Å²) in [6, 6.07) is -0.851. The largest absolute Gasteiger partial charge is 0.472 e. The molecule has 0 aliphatic heterocycles. The number of aliphatic hydroxyl groups excluding tert-OH is 1. The van der Waals surface area contributed by atoms with Crippen LogP contribution in [0.4, 0.5) is 0 Å². The number of unbranched alkanes of at least 4 members (excludes halogenated alkanes) is 10. The van der Waals surface area contributed by atoms with Crippen molar-refractivity contribution in [1.29, 1.82) is 0 Å². The van der Waals surface area contributed by atoms with E-state index < -0.39 is 20.0 Å². The van der Waals surface area contributed by atoms with Crippen molar-refractivity contribution in [3.63, 3.8) is 0 Å². The highest BCUT2D eigenvalue weighted by molar-refractivity contribution is 7.47. The fourth-order valence-electron chi connectivity index (χ4n) is 3.70. The van der Waals surface area contributed by atoms with Gasteiger partial charge in [0.25, 0.3) is 0 Å². The van der Waals surface area contributed by atoms with E-state index in [2.05, 4.69) is 31.3 Å². The number of amides is 1. The first-order chi connectivity index (χ1) is 18.0. The molecule has 0 saturated heterocycles. The van der Waals surface area contributed by atoms with Crippen molar-refractivity contribution in [2.75, 3.05) is 40.9 Å². The van der Waals surface area contributed by atoms with Crippen LogP contribution in [0.2, 0.25) is 0 Å². The van der Waals surface area contributed by atoms with Gasteiger partial charge in [-0.3, -0.25) is 13.8 Å². The highest BCUT2D eigenvalue weighted by atomic mass is 31.2. The molecule has 8 nitrogen and oxygen atoms in total. The third-order valence-electron chi connectivity index (χ3n) is 6.17. The molecule has 0 aromatic heterocycles. The van der Waals surface area contributed by atoms with E-state index in [-0.39, 0.29) is 19.1 Å². The Kier molecular flexibility index (Phi) is 22.1. The molecule has 0 aromatic carbocycles. The van der Waals surface area contributed by atoms with Gasteiger partial charge in [-0.15, -0.1) is 0 Å². The van der Waals surface area contributed by atoms with E-state index in [1.165, 1.54) is 38.5 Å². The Morgan fingerprint density at radius 1 is 0.868 bits per heavy atom. The first-order valence-corrected chi connectivity index (χ1v) is 16.2. The van der Waals surface area contributed by atoms with Crippen LogP contribution in [0.25, 0.3) is 0 Å². The Labute approximate surface area is 233 Å². The standard InChI is InChI=1S/C29H57N2O6P/c1-6-8-10-12-13-14-15-16-17-18-19-20-22-28(32)27(30-29(33)23-21-11-9-7-2)26-37-38(34,35)36-25-24-31(3,4)5/h16-17,20,22,27-28,32H,6-15,18-19,21,23-26H2,1-5H3,(H-,30,33,34,35)/p+1/b17-16+,22-20+. The van der Waals surface area contributed by atoms with Crippen LogP contribution in [0.5, 0.6) is 0 Å². The summed E-state index contributed by atoms with van der Waals surface area (Å²) in [5.74, 6) is -0.210. The number of allylic oxidation sites excluding steroid dienone is 3. The summed E-state index contributed by atoms with van der Waals surface area (Å²) in [4.78, 5) is 22.5. The van der Waals surface area contributed by atoms with Crippen molar-refractivity contribution in [1.82, 2.24) is 5.32 Å². The van der Waals surface area contributed by atoms with Crippen LogP contribution in [0.1, 0.15) is 104 Å². The van der Waals surface area contributed by atoms with Gasteiger partial charge >= 0.3 is 7.82 Å². The molecule has 224 valence electrons. The third-order valence-corrected chi connectivity index (χ3v) is 7.16. The van der Waals surface area contributed by atoms with Gasteiger partial charge in [-0.05, 0) is 32.1 Å². The summed E-state index contributed by atoms with van der Waals surface area (Å²) in [6.45, 7) is 4.60. The number of carbonyl (C=O) groups excluding carboxylic acids is 1. The van der Waals surface area contributed by atoms with E-state index >= 15 is 0 Å². The Balaban J connectivity index is 4.68. The second-order valence-corrected chi connectivity index (χ2v) is 12.6. The second-order valence-electron chi connectivity index (χ2n) is 11.1. The van der Waals surface area contributed by atoms with Crippen molar-refractivity contribution >= 4 is 13.7 Å². The number of phosphoric ester groups is 1. The SMILES string of the molecule is CCCCCCCC/C=C/CC/C=C/C(O)C(COP(=O)(O)OCC[N+](C)(C)C)NC(=O)CCCCCC. The van der Waals surface area contributed by atoms with Crippen LogP contribution >= 0.6 is 7.82 Å². The molecule has 3 N–H and O–H groups in total. The lowest BCUT2D eigenvalue weighted by molar-refractivity contribution is -0.870. The van der Waals surface area contributed by atoms with E-state index in [0.717, 1.165) is 44.9 Å². The molecule has 38 heavy (non-hydrogen) atoms. The lowest BCUT2D eigenvalue weighted by Crippen LogP contribution is -2.45. The summed E-state index contributed by atoms with van der Waals surface area (Å²) < 4.78 is 23.1. The van der Waals surface area contributed by atoms with Crippen LogP contribution in [0, 0.1) is 0 Å². The van der Waals surface area contributed by atoms with E-state index in [4.69, 9.17) is 9.05 Å². The molecule has 0 bridgehead atoms. The van der Waals surface area contributed by atoms with Crippen LogP contribution < -0.4 is 5.32 Å². The molecule has 0 radical (unpaired) electrons. The normalized spacial score (nSPS) is 15.7. The van der Waals surface area contributed by atoms with Gasteiger partial charge in [-0.1, -0.05) is 89.5 Å². The predicted octanol–water partition coefficient (Wildman–Crippen LogP) is 6.29. The van der Waals surface area contributed by atoms with Gasteiger partial charge in [0.1, 0.15) is 13.2 Å². The molecule has 1 amide bonds. The lowest BCUT2D eigenvalue weighted by Gasteiger charge is -2.25. The lowest BCUT2D eigenvalue weighted by atomic mass is 10.1. The summed E-state index contributed by atoms with van der Waals surface area (Å²) in [6.07, 6.45) is 21.5. The van der Waals surface area contributed by atoms with Gasteiger partial charge in [0.2, 0.25) is 5.91 Å². The van der Waals surface area contributed by atoms with Crippen molar-refractivity contribution < 1.29 is 32.9 Å². The van der Waals surface area contributed by atoms with Crippen molar-refractivity contribution in [3.05, 3.63) is 24.3 Å². The highest BCUT2D eigenvalue weighted by Gasteiger charge is 2.27. The number of nitrogens with zero attached hydrogens (tertiary/aromatic N) is 1. The minimum absolute atomic E-state index is 0.0561. The average Bonchev–Trinajstić information content (AvgIpc) is 2.84. The molecule has 0 spiro atoms. The van der Waals surface area contributed by atoms with Gasteiger partial charge in [0, 0.05) is 6.42 Å². The maximum atomic E-state index is 12.4. The maximum absolute atomic E-state index is 12.4. The monoisotopic (exact) mass is 561 g/mol. The third kappa shape index (κ3) is 24.1. The zero-order valence-electron chi connectivity index (χ0n) is 24.9. The predicted molar refractivity (Wildman–Crippen MR) is 157 cm³/mol. The number of rotatable bonds is 25. The van der Waals surface area contributed by atoms with Crippen molar-refractivity contribution in [2.45, 2.75) is 116 Å². The summed E-state index contributed by atoms with van der Waals surface area (Å²) in [5, 5.41) is 13.5. The van der Waals surface area contributed by atoms with Gasteiger partial charge in [0.15, 0.2) is 0 Å². The molecular formula is C29H58N2O6P+. The quantitative estimate of drug-likeness (QED) is 0.0524. The summed E-state index contributed by atoms with van der Waals surface area (Å²) >= 11 is 0.